The van der Waals surface area contributed by atoms with Crippen LogP contribution >= 0.6 is 11.3 Å². The Hall–Kier alpha value is -1.43. The molecule has 0 radical (unpaired) electrons. The van der Waals surface area contributed by atoms with E-state index in [1.165, 1.54) is 18.4 Å². The third-order valence-corrected chi connectivity index (χ3v) is 5.54. The number of hydrogen-bond acceptors (Lipinski definition) is 5. The standard InChI is InChI=1S/C19H26N2O2S/c1-14-6-8-17(9-7-14)23-12-19-21-16(13-24-19)10-20-18-5-3-2-4-15(18)11-22/h6-9,13,15,18,20,22H,2-5,10-12H2,1H3. The lowest BCUT2D eigenvalue weighted by Crippen LogP contribution is -2.39. The zero-order valence-electron chi connectivity index (χ0n) is 14.2. The molecule has 0 amide bonds. The van der Waals surface area contributed by atoms with Gasteiger partial charge in [0.05, 0.1) is 5.69 Å². The quantitative estimate of drug-likeness (QED) is 0.803. The van der Waals surface area contributed by atoms with Crippen LogP contribution in [0.1, 0.15) is 41.9 Å². The molecular formula is C19H26N2O2S. The van der Waals surface area contributed by atoms with Crippen molar-refractivity contribution in [1.29, 1.82) is 0 Å². The second-order valence-electron chi connectivity index (χ2n) is 6.55. The van der Waals surface area contributed by atoms with Gasteiger partial charge in [0.15, 0.2) is 0 Å². The van der Waals surface area contributed by atoms with Crippen LogP contribution in [0, 0.1) is 12.8 Å². The lowest BCUT2D eigenvalue weighted by Gasteiger charge is -2.30. The van der Waals surface area contributed by atoms with Gasteiger partial charge in [0, 0.05) is 24.6 Å². The first kappa shape index (κ1) is 17.4. The Morgan fingerprint density at radius 3 is 2.83 bits per heavy atom. The summed E-state index contributed by atoms with van der Waals surface area (Å²) in [6.45, 7) is 3.63. The molecule has 0 spiro atoms. The molecule has 1 aromatic carbocycles. The molecule has 0 bridgehead atoms. The number of thiazole rings is 1. The Labute approximate surface area is 147 Å². The maximum Gasteiger partial charge on any atom is 0.140 e. The molecule has 2 unspecified atom stereocenters. The molecule has 130 valence electrons. The third-order valence-electron chi connectivity index (χ3n) is 4.67. The van der Waals surface area contributed by atoms with E-state index in [1.54, 1.807) is 11.3 Å². The van der Waals surface area contributed by atoms with Crippen molar-refractivity contribution in [3.05, 3.63) is 45.9 Å². The highest BCUT2D eigenvalue weighted by Crippen LogP contribution is 2.24. The van der Waals surface area contributed by atoms with Gasteiger partial charge in [-0.2, -0.15) is 0 Å². The Kier molecular flexibility index (Phi) is 6.24. The first-order valence-electron chi connectivity index (χ1n) is 8.71. The van der Waals surface area contributed by atoms with Crippen LogP contribution in [-0.4, -0.2) is 22.7 Å². The predicted molar refractivity (Wildman–Crippen MR) is 97.3 cm³/mol. The molecule has 1 aromatic heterocycles. The topological polar surface area (TPSA) is 54.4 Å². The third kappa shape index (κ3) is 4.79. The summed E-state index contributed by atoms with van der Waals surface area (Å²) >= 11 is 1.64. The van der Waals surface area contributed by atoms with E-state index in [9.17, 15) is 5.11 Å². The van der Waals surface area contributed by atoms with Gasteiger partial charge in [0.1, 0.15) is 17.4 Å². The number of nitrogens with zero attached hydrogens (tertiary/aromatic N) is 1. The maximum atomic E-state index is 9.49. The highest BCUT2D eigenvalue weighted by molar-refractivity contribution is 7.09. The number of nitrogens with one attached hydrogen (secondary N) is 1. The van der Waals surface area contributed by atoms with Gasteiger partial charge in [-0.25, -0.2) is 4.98 Å². The van der Waals surface area contributed by atoms with Gasteiger partial charge in [0.2, 0.25) is 0 Å². The minimum Gasteiger partial charge on any atom is -0.486 e. The molecule has 2 aromatic rings. The van der Waals surface area contributed by atoms with Crippen LogP contribution in [0.25, 0.3) is 0 Å². The average molecular weight is 346 g/mol. The van der Waals surface area contributed by atoms with E-state index in [0.29, 0.717) is 18.6 Å². The van der Waals surface area contributed by atoms with Crippen molar-refractivity contribution in [2.24, 2.45) is 5.92 Å². The van der Waals surface area contributed by atoms with Crippen LogP contribution in [0.4, 0.5) is 0 Å². The zero-order valence-corrected chi connectivity index (χ0v) is 15.0. The Morgan fingerprint density at radius 1 is 1.25 bits per heavy atom. The van der Waals surface area contributed by atoms with E-state index >= 15 is 0 Å². The second kappa shape index (κ2) is 8.60. The predicted octanol–water partition coefficient (Wildman–Crippen LogP) is 3.67. The fourth-order valence-electron chi connectivity index (χ4n) is 3.21. The van der Waals surface area contributed by atoms with Crippen LogP contribution in [0.2, 0.25) is 0 Å². The lowest BCUT2D eigenvalue weighted by molar-refractivity contribution is 0.152. The number of aryl methyl sites for hydroxylation is 1. The molecule has 5 heteroatoms. The molecule has 1 heterocycles. The minimum absolute atomic E-state index is 0.282. The molecule has 4 nitrogen and oxygen atoms in total. The summed E-state index contributed by atoms with van der Waals surface area (Å²) < 4.78 is 5.78. The highest BCUT2D eigenvalue weighted by Gasteiger charge is 2.23. The first-order valence-corrected chi connectivity index (χ1v) is 9.59. The fourth-order valence-corrected chi connectivity index (χ4v) is 3.91. The largest absolute Gasteiger partial charge is 0.486 e. The van der Waals surface area contributed by atoms with Crippen molar-refractivity contribution in [3.8, 4) is 5.75 Å². The number of aromatic nitrogens is 1. The van der Waals surface area contributed by atoms with E-state index in [-0.39, 0.29) is 6.61 Å². The van der Waals surface area contributed by atoms with E-state index in [0.717, 1.165) is 35.8 Å². The maximum absolute atomic E-state index is 9.49. The van der Waals surface area contributed by atoms with E-state index in [2.05, 4.69) is 22.6 Å². The van der Waals surface area contributed by atoms with Gasteiger partial charge >= 0.3 is 0 Å². The van der Waals surface area contributed by atoms with Crippen LogP contribution in [0.15, 0.2) is 29.6 Å². The monoisotopic (exact) mass is 346 g/mol. The summed E-state index contributed by atoms with van der Waals surface area (Å²) in [6.07, 6.45) is 4.76. The van der Waals surface area contributed by atoms with E-state index in [1.807, 2.05) is 24.3 Å². The van der Waals surface area contributed by atoms with E-state index < -0.39 is 0 Å². The second-order valence-corrected chi connectivity index (χ2v) is 7.49. The molecule has 1 aliphatic rings. The average Bonchev–Trinajstić information content (AvgIpc) is 3.07. The number of ether oxygens (including phenoxy) is 1. The van der Waals surface area contributed by atoms with Gasteiger partial charge in [-0.15, -0.1) is 11.3 Å². The van der Waals surface area contributed by atoms with Crippen molar-refractivity contribution in [2.75, 3.05) is 6.61 Å². The van der Waals surface area contributed by atoms with Crippen LogP contribution < -0.4 is 10.1 Å². The van der Waals surface area contributed by atoms with Crippen molar-refractivity contribution < 1.29 is 9.84 Å². The molecule has 2 atom stereocenters. The van der Waals surface area contributed by atoms with Crippen LogP contribution in [-0.2, 0) is 13.2 Å². The highest BCUT2D eigenvalue weighted by atomic mass is 32.1. The first-order chi connectivity index (χ1) is 11.7. The molecule has 0 aliphatic heterocycles. The molecule has 24 heavy (non-hydrogen) atoms. The lowest BCUT2D eigenvalue weighted by atomic mass is 9.85. The Bertz CT molecular complexity index is 627. The number of benzene rings is 1. The SMILES string of the molecule is Cc1ccc(OCc2nc(CNC3CCCCC3CO)cs2)cc1. The Balaban J connectivity index is 1.47. The minimum atomic E-state index is 0.282. The summed E-state index contributed by atoms with van der Waals surface area (Å²) in [4.78, 5) is 4.65. The van der Waals surface area contributed by atoms with Crippen LogP contribution in [0.5, 0.6) is 5.75 Å². The van der Waals surface area contributed by atoms with Crippen molar-refractivity contribution in [2.45, 2.75) is 51.8 Å². The van der Waals surface area contributed by atoms with Gasteiger partial charge in [-0.3, -0.25) is 0 Å². The van der Waals surface area contributed by atoms with Crippen molar-refractivity contribution in [1.82, 2.24) is 10.3 Å². The molecule has 1 saturated carbocycles. The summed E-state index contributed by atoms with van der Waals surface area (Å²) in [5.41, 5.74) is 2.29. The van der Waals surface area contributed by atoms with Crippen LogP contribution in [0.3, 0.4) is 0 Å². The molecular weight excluding hydrogens is 320 g/mol. The van der Waals surface area contributed by atoms with Gasteiger partial charge < -0.3 is 15.2 Å². The number of aliphatic hydroxyl groups excluding tert-OH is 1. The van der Waals surface area contributed by atoms with Crippen molar-refractivity contribution >= 4 is 11.3 Å². The van der Waals surface area contributed by atoms with E-state index in [4.69, 9.17) is 4.74 Å². The summed E-state index contributed by atoms with van der Waals surface area (Å²) in [5.74, 6) is 1.27. The summed E-state index contributed by atoms with van der Waals surface area (Å²) in [5, 5.41) is 16.2. The van der Waals surface area contributed by atoms with Crippen molar-refractivity contribution in [3.63, 3.8) is 0 Å². The van der Waals surface area contributed by atoms with Gasteiger partial charge in [0.25, 0.3) is 0 Å². The number of aliphatic hydroxyl groups is 1. The molecule has 1 fully saturated rings. The number of hydrogen-bond donors (Lipinski definition) is 2. The fraction of sp³-hybridized carbons (Fsp3) is 0.526. The normalized spacial score (nSPS) is 20.9. The summed E-state index contributed by atoms with van der Waals surface area (Å²) in [7, 11) is 0. The molecule has 2 N–H and O–H groups in total. The molecule has 0 saturated heterocycles. The summed E-state index contributed by atoms with van der Waals surface area (Å²) in [6, 6.07) is 8.49. The molecule has 3 rings (SSSR count). The van der Waals surface area contributed by atoms with Gasteiger partial charge in [-0.1, -0.05) is 30.5 Å². The Morgan fingerprint density at radius 2 is 2.04 bits per heavy atom. The number of rotatable bonds is 7. The van der Waals surface area contributed by atoms with Gasteiger partial charge in [-0.05, 0) is 37.8 Å². The molecule has 1 aliphatic carbocycles. The smallest absolute Gasteiger partial charge is 0.140 e. The zero-order chi connectivity index (χ0) is 16.8.